The summed E-state index contributed by atoms with van der Waals surface area (Å²) in [5, 5.41) is 10.6. The van der Waals surface area contributed by atoms with E-state index in [2.05, 4.69) is 26.5 Å². The highest BCUT2D eigenvalue weighted by Gasteiger charge is 2.15. The number of hydrogen-bond donors (Lipinski definition) is 1. The Morgan fingerprint density at radius 3 is 2.94 bits per heavy atom. The molecule has 7 nitrogen and oxygen atoms in total. The Morgan fingerprint density at radius 2 is 2.38 bits per heavy atom. The van der Waals surface area contributed by atoms with E-state index in [4.69, 9.17) is 0 Å². The summed E-state index contributed by atoms with van der Waals surface area (Å²) in [6.07, 6.45) is 0. The van der Waals surface area contributed by atoms with Gasteiger partial charge in [-0.2, -0.15) is 4.98 Å². The number of aromatic nitrogens is 2. The van der Waals surface area contributed by atoms with Crippen LogP contribution in [0, 0.1) is 28.9 Å². The molecule has 0 atom stereocenters. The first-order valence-corrected chi connectivity index (χ1v) is 4.44. The summed E-state index contributed by atoms with van der Waals surface area (Å²) in [6.45, 7) is 3.40. The second-order valence-electron chi connectivity index (χ2n) is 2.75. The molecular weight excluding hydrogens is 214 g/mol. The van der Waals surface area contributed by atoms with Crippen LogP contribution in [0.1, 0.15) is 18.4 Å². The molecule has 0 aromatic carbocycles. The summed E-state index contributed by atoms with van der Waals surface area (Å²) in [7, 11) is 0. The van der Waals surface area contributed by atoms with Crippen molar-refractivity contribution in [2.24, 2.45) is 0 Å². The van der Waals surface area contributed by atoms with Crippen LogP contribution >= 0.6 is 0 Å². The minimum Gasteiger partial charge on any atom is -0.456 e. The normalized spacial score (nSPS) is 9.12. The topological polar surface area (TPSA) is 98.1 Å². The van der Waals surface area contributed by atoms with Crippen LogP contribution in [0.15, 0.2) is 0 Å². The predicted molar refractivity (Wildman–Crippen MR) is 53.5 cm³/mol. The Hall–Kier alpha value is -2.36. The van der Waals surface area contributed by atoms with E-state index >= 15 is 0 Å². The zero-order valence-electron chi connectivity index (χ0n) is 8.73. The highest BCUT2D eigenvalue weighted by atomic mass is 16.6. The van der Waals surface area contributed by atoms with Gasteiger partial charge in [-0.1, -0.05) is 0 Å². The lowest BCUT2D eigenvalue weighted by atomic mass is 10.4. The third-order valence-electron chi connectivity index (χ3n) is 1.54. The van der Waals surface area contributed by atoms with Gasteiger partial charge in [0.15, 0.2) is 5.82 Å². The van der Waals surface area contributed by atoms with Crippen LogP contribution in [0.5, 0.6) is 0 Å². The number of carbonyl (C=O) groups excluding carboxylic acids is 1. The summed E-state index contributed by atoms with van der Waals surface area (Å²) in [5.74, 6) is 3.70. The van der Waals surface area contributed by atoms with Gasteiger partial charge in [0.2, 0.25) is 5.69 Å². The third kappa shape index (κ3) is 2.81. The van der Waals surface area contributed by atoms with Gasteiger partial charge in [0, 0.05) is 12.8 Å². The lowest BCUT2D eigenvalue weighted by molar-refractivity contribution is -0.389. The van der Waals surface area contributed by atoms with Crippen molar-refractivity contribution in [2.75, 3.05) is 6.61 Å². The lowest BCUT2D eigenvalue weighted by Gasteiger charge is -1.90. The van der Waals surface area contributed by atoms with Gasteiger partial charge in [-0.3, -0.25) is 0 Å². The van der Waals surface area contributed by atoms with Gasteiger partial charge in [0.25, 0.3) is 0 Å². The van der Waals surface area contributed by atoms with Crippen molar-refractivity contribution in [3.63, 3.8) is 0 Å². The Balaban J connectivity index is 2.96. The molecule has 1 heterocycles. The van der Waals surface area contributed by atoms with E-state index in [-0.39, 0.29) is 18.1 Å². The van der Waals surface area contributed by atoms with Crippen LogP contribution in [0.2, 0.25) is 0 Å². The summed E-state index contributed by atoms with van der Waals surface area (Å²) in [6, 6.07) is 0. The maximum Gasteiger partial charge on any atom is 0.384 e. The number of ether oxygens (including phenoxy) is 1. The van der Waals surface area contributed by atoms with Crippen LogP contribution < -0.4 is 0 Å². The molecule has 0 saturated heterocycles. The highest BCUT2D eigenvalue weighted by molar-refractivity contribution is 5.89. The molecule has 1 aromatic rings. The second kappa shape index (κ2) is 4.93. The van der Waals surface area contributed by atoms with Crippen molar-refractivity contribution < 1.29 is 14.5 Å². The van der Waals surface area contributed by atoms with Gasteiger partial charge in [0.1, 0.15) is 0 Å². The zero-order valence-corrected chi connectivity index (χ0v) is 8.73. The van der Waals surface area contributed by atoms with Gasteiger partial charge in [-0.05, 0) is 17.8 Å². The first kappa shape index (κ1) is 11.7. The number of hydrogen-bond acceptors (Lipinski definition) is 5. The number of aromatic amines is 1. The van der Waals surface area contributed by atoms with Crippen molar-refractivity contribution in [3.05, 3.63) is 21.6 Å². The lowest BCUT2D eigenvalue weighted by Crippen LogP contribution is -2.00. The minimum atomic E-state index is -0.738. The Labute approximate surface area is 91.0 Å². The number of esters is 1. The fourth-order valence-electron chi connectivity index (χ4n) is 0.976. The summed E-state index contributed by atoms with van der Waals surface area (Å²) in [5.41, 5.74) is -0.0736. The Kier molecular flexibility index (Phi) is 3.61. The second-order valence-corrected chi connectivity index (χ2v) is 2.75. The number of carbonyl (C=O) groups is 1. The van der Waals surface area contributed by atoms with Crippen molar-refractivity contribution in [1.82, 2.24) is 9.97 Å². The maximum atomic E-state index is 10.9. The number of rotatable bonds is 2. The molecule has 0 unspecified atom stereocenters. The Bertz CT molecular complexity index is 481. The number of nitro groups is 1. The number of nitrogens with one attached hydrogen (secondary N) is 1. The Morgan fingerprint density at radius 1 is 1.69 bits per heavy atom. The molecule has 0 fully saturated rings. The van der Waals surface area contributed by atoms with E-state index in [0.717, 1.165) is 0 Å². The molecule has 1 aromatic heterocycles. The minimum absolute atomic E-state index is 0.0736. The molecule has 0 aliphatic rings. The van der Waals surface area contributed by atoms with Gasteiger partial charge in [0.05, 0.1) is 6.61 Å². The van der Waals surface area contributed by atoms with Gasteiger partial charge < -0.3 is 14.9 Å². The summed E-state index contributed by atoms with van der Waals surface area (Å²) in [4.78, 5) is 27.0. The van der Waals surface area contributed by atoms with Crippen LogP contribution in [-0.4, -0.2) is 27.5 Å². The summed E-state index contributed by atoms with van der Waals surface area (Å²) >= 11 is 0. The zero-order chi connectivity index (χ0) is 12.1. The van der Waals surface area contributed by atoms with Crippen LogP contribution in [0.3, 0.4) is 0 Å². The molecule has 0 spiro atoms. The van der Waals surface area contributed by atoms with Crippen molar-refractivity contribution >= 4 is 11.8 Å². The fraction of sp³-hybridized carbons (Fsp3) is 0.333. The predicted octanol–water partition coefficient (Wildman–Crippen LogP) is 0.541. The van der Waals surface area contributed by atoms with E-state index in [1.165, 1.54) is 0 Å². The smallest absolute Gasteiger partial charge is 0.384 e. The monoisotopic (exact) mass is 223 g/mol. The number of aryl methyl sites for hydroxylation is 1. The van der Waals surface area contributed by atoms with E-state index in [9.17, 15) is 14.9 Å². The average molecular weight is 223 g/mol. The van der Waals surface area contributed by atoms with Crippen LogP contribution in [-0.2, 0) is 9.53 Å². The molecule has 0 radical (unpaired) electrons. The molecule has 7 heteroatoms. The molecule has 0 aliphatic heterocycles. The van der Waals surface area contributed by atoms with Crippen molar-refractivity contribution in [1.29, 1.82) is 0 Å². The first-order chi connectivity index (χ1) is 7.54. The quantitative estimate of drug-likeness (QED) is 0.341. The first-order valence-electron chi connectivity index (χ1n) is 4.44. The standard InChI is InChI=1S/C9H9N3O4/c1-3-16-8(13)5-4-7-9(12(14)15)11-6(2)10-7/h3H2,1-2H3,(H,10,11). The molecule has 16 heavy (non-hydrogen) atoms. The van der Waals surface area contributed by atoms with Gasteiger partial charge in [-0.25, -0.2) is 9.78 Å². The largest absolute Gasteiger partial charge is 0.456 e. The number of nitrogens with zero attached hydrogens (tertiary/aromatic N) is 2. The molecule has 0 bridgehead atoms. The van der Waals surface area contributed by atoms with Crippen molar-refractivity contribution in [2.45, 2.75) is 13.8 Å². The molecule has 0 saturated carbocycles. The SMILES string of the molecule is CCOC(=O)C#Cc1nc(C)[nH]c1[N+](=O)[O-]. The highest BCUT2D eigenvalue weighted by Crippen LogP contribution is 2.12. The maximum absolute atomic E-state index is 10.9. The molecule has 0 amide bonds. The van der Waals surface area contributed by atoms with E-state index in [0.29, 0.717) is 5.82 Å². The molecule has 84 valence electrons. The van der Waals surface area contributed by atoms with E-state index < -0.39 is 10.9 Å². The van der Waals surface area contributed by atoms with Crippen molar-refractivity contribution in [3.8, 4) is 11.8 Å². The molecule has 1 N–H and O–H groups in total. The van der Waals surface area contributed by atoms with Crippen LogP contribution in [0.25, 0.3) is 0 Å². The third-order valence-corrected chi connectivity index (χ3v) is 1.54. The molecular formula is C9H9N3O4. The average Bonchev–Trinajstić information content (AvgIpc) is 2.57. The number of H-pyrrole nitrogens is 1. The number of imidazole rings is 1. The van der Waals surface area contributed by atoms with Gasteiger partial charge in [-0.15, -0.1) is 0 Å². The fourth-order valence-corrected chi connectivity index (χ4v) is 0.976. The molecule has 0 aliphatic carbocycles. The molecule has 1 rings (SSSR count). The van der Waals surface area contributed by atoms with E-state index in [1.807, 2.05) is 0 Å². The summed E-state index contributed by atoms with van der Waals surface area (Å²) < 4.78 is 4.55. The van der Waals surface area contributed by atoms with Crippen LogP contribution in [0.4, 0.5) is 5.82 Å². The van der Waals surface area contributed by atoms with Gasteiger partial charge >= 0.3 is 11.8 Å². The van der Waals surface area contributed by atoms with E-state index in [1.54, 1.807) is 13.8 Å².